The van der Waals surface area contributed by atoms with Crippen molar-refractivity contribution >= 4 is 5.91 Å². The van der Waals surface area contributed by atoms with Crippen molar-refractivity contribution in [3.05, 3.63) is 17.5 Å². The van der Waals surface area contributed by atoms with Gasteiger partial charge in [-0.2, -0.15) is 5.10 Å². The maximum atomic E-state index is 11.6. The van der Waals surface area contributed by atoms with Crippen LogP contribution in [0.15, 0.2) is 6.20 Å². The number of carbonyl (C=O) groups excluding carboxylic acids is 1. The molecule has 0 fully saturated rings. The molecule has 0 atom stereocenters. The Morgan fingerprint density at radius 3 is 2.80 bits per heavy atom. The standard InChI is InChI=1S/C10H17N3O2/c1-7-8(4-12-13-7)9(15)11-5-10(2,3)6-14/h4,14H,5-6H2,1-3H3,(H,11,15)(H,12,13). The fourth-order valence-corrected chi connectivity index (χ4v) is 1.05. The quantitative estimate of drug-likeness (QED) is 0.677. The van der Waals surface area contributed by atoms with Crippen LogP contribution in [0.3, 0.4) is 0 Å². The van der Waals surface area contributed by atoms with Gasteiger partial charge < -0.3 is 10.4 Å². The van der Waals surface area contributed by atoms with Crippen molar-refractivity contribution in [2.45, 2.75) is 20.8 Å². The number of amides is 1. The third kappa shape index (κ3) is 3.06. The van der Waals surface area contributed by atoms with Gasteiger partial charge in [0, 0.05) is 24.3 Å². The van der Waals surface area contributed by atoms with Gasteiger partial charge >= 0.3 is 0 Å². The van der Waals surface area contributed by atoms with Gasteiger partial charge in [0.25, 0.3) is 5.91 Å². The molecule has 0 saturated heterocycles. The zero-order valence-electron chi connectivity index (χ0n) is 9.29. The first-order chi connectivity index (χ1) is 6.96. The number of aliphatic hydroxyl groups excluding tert-OH is 1. The van der Waals surface area contributed by atoms with Crippen LogP contribution in [-0.2, 0) is 0 Å². The summed E-state index contributed by atoms with van der Waals surface area (Å²) >= 11 is 0. The van der Waals surface area contributed by atoms with Crippen LogP contribution in [0, 0.1) is 12.3 Å². The van der Waals surface area contributed by atoms with Crippen molar-refractivity contribution in [2.75, 3.05) is 13.2 Å². The van der Waals surface area contributed by atoms with E-state index in [1.165, 1.54) is 6.20 Å². The first-order valence-corrected chi connectivity index (χ1v) is 4.85. The molecule has 1 aromatic heterocycles. The topological polar surface area (TPSA) is 78.0 Å². The van der Waals surface area contributed by atoms with E-state index >= 15 is 0 Å². The molecular weight excluding hydrogens is 194 g/mol. The zero-order chi connectivity index (χ0) is 11.5. The zero-order valence-corrected chi connectivity index (χ0v) is 9.29. The Morgan fingerprint density at radius 2 is 2.33 bits per heavy atom. The molecule has 15 heavy (non-hydrogen) atoms. The molecule has 1 amide bonds. The van der Waals surface area contributed by atoms with Gasteiger partial charge in [-0.3, -0.25) is 9.89 Å². The van der Waals surface area contributed by atoms with E-state index in [-0.39, 0.29) is 17.9 Å². The van der Waals surface area contributed by atoms with E-state index in [4.69, 9.17) is 5.11 Å². The average molecular weight is 211 g/mol. The van der Waals surface area contributed by atoms with Crippen LogP contribution in [0.2, 0.25) is 0 Å². The van der Waals surface area contributed by atoms with E-state index in [9.17, 15) is 4.79 Å². The van der Waals surface area contributed by atoms with Crippen LogP contribution in [0.1, 0.15) is 29.9 Å². The first-order valence-electron chi connectivity index (χ1n) is 4.85. The second-order valence-electron chi connectivity index (χ2n) is 4.41. The predicted octanol–water partition coefficient (Wildman–Crippen LogP) is 0.466. The average Bonchev–Trinajstić information content (AvgIpc) is 2.61. The van der Waals surface area contributed by atoms with E-state index in [0.717, 1.165) is 5.69 Å². The van der Waals surface area contributed by atoms with Gasteiger partial charge in [-0.25, -0.2) is 0 Å². The van der Waals surface area contributed by atoms with Crippen LogP contribution >= 0.6 is 0 Å². The van der Waals surface area contributed by atoms with Crippen LogP contribution < -0.4 is 5.32 Å². The van der Waals surface area contributed by atoms with Crippen molar-refractivity contribution in [1.29, 1.82) is 0 Å². The molecule has 1 rings (SSSR count). The Balaban J connectivity index is 2.55. The molecule has 0 unspecified atom stereocenters. The molecule has 0 aliphatic rings. The summed E-state index contributed by atoms with van der Waals surface area (Å²) in [4.78, 5) is 11.6. The van der Waals surface area contributed by atoms with Gasteiger partial charge in [0.05, 0.1) is 11.8 Å². The summed E-state index contributed by atoms with van der Waals surface area (Å²) in [5.74, 6) is -0.164. The van der Waals surface area contributed by atoms with Gasteiger partial charge in [-0.05, 0) is 6.92 Å². The van der Waals surface area contributed by atoms with E-state index in [0.29, 0.717) is 12.1 Å². The highest BCUT2D eigenvalue weighted by Crippen LogP contribution is 2.12. The number of H-pyrrole nitrogens is 1. The molecular formula is C10H17N3O2. The van der Waals surface area contributed by atoms with Gasteiger partial charge in [0.1, 0.15) is 0 Å². The van der Waals surface area contributed by atoms with E-state index in [1.54, 1.807) is 6.92 Å². The number of aryl methyl sites for hydroxylation is 1. The number of aromatic nitrogens is 2. The third-order valence-corrected chi connectivity index (χ3v) is 2.23. The molecule has 0 saturated carbocycles. The number of hydrogen-bond acceptors (Lipinski definition) is 3. The fraction of sp³-hybridized carbons (Fsp3) is 0.600. The largest absolute Gasteiger partial charge is 0.396 e. The SMILES string of the molecule is Cc1[nH]ncc1C(=O)NCC(C)(C)CO. The summed E-state index contributed by atoms with van der Waals surface area (Å²) < 4.78 is 0. The minimum absolute atomic E-state index is 0.0393. The lowest BCUT2D eigenvalue weighted by Crippen LogP contribution is -2.36. The van der Waals surface area contributed by atoms with Gasteiger partial charge in [-0.15, -0.1) is 0 Å². The molecule has 0 radical (unpaired) electrons. The van der Waals surface area contributed by atoms with E-state index in [2.05, 4.69) is 15.5 Å². The first kappa shape index (κ1) is 11.7. The van der Waals surface area contributed by atoms with Gasteiger partial charge in [-0.1, -0.05) is 13.8 Å². The molecule has 0 aliphatic heterocycles. The monoisotopic (exact) mass is 211 g/mol. The van der Waals surface area contributed by atoms with Crippen molar-refractivity contribution < 1.29 is 9.90 Å². The minimum atomic E-state index is -0.298. The lowest BCUT2D eigenvalue weighted by Gasteiger charge is -2.21. The second kappa shape index (κ2) is 4.44. The number of nitrogens with zero attached hydrogens (tertiary/aromatic N) is 1. The summed E-state index contributed by atoms with van der Waals surface area (Å²) in [6.45, 7) is 6.04. The molecule has 1 aromatic rings. The molecule has 1 heterocycles. The van der Waals surface area contributed by atoms with Crippen molar-refractivity contribution in [1.82, 2.24) is 15.5 Å². The molecule has 0 aromatic carbocycles. The van der Waals surface area contributed by atoms with Crippen LogP contribution in [0.25, 0.3) is 0 Å². The van der Waals surface area contributed by atoms with Crippen molar-refractivity contribution in [3.63, 3.8) is 0 Å². The number of nitrogens with one attached hydrogen (secondary N) is 2. The van der Waals surface area contributed by atoms with Crippen LogP contribution in [-0.4, -0.2) is 34.4 Å². The summed E-state index contributed by atoms with van der Waals surface area (Å²) in [7, 11) is 0. The highest BCUT2D eigenvalue weighted by Gasteiger charge is 2.19. The number of aliphatic hydroxyl groups is 1. The van der Waals surface area contributed by atoms with Gasteiger partial charge in [0.2, 0.25) is 0 Å². The second-order valence-corrected chi connectivity index (χ2v) is 4.41. The Hall–Kier alpha value is -1.36. The normalized spacial score (nSPS) is 11.5. The Bertz CT molecular complexity index is 344. The third-order valence-electron chi connectivity index (χ3n) is 2.23. The maximum absolute atomic E-state index is 11.6. The molecule has 0 spiro atoms. The summed E-state index contributed by atoms with van der Waals surface area (Å²) in [5.41, 5.74) is 0.992. The molecule has 5 nitrogen and oxygen atoms in total. The summed E-state index contributed by atoms with van der Waals surface area (Å²) in [5, 5.41) is 18.3. The van der Waals surface area contributed by atoms with Gasteiger partial charge in [0.15, 0.2) is 0 Å². The number of rotatable bonds is 4. The smallest absolute Gasteiger partial charge is 0.254 e. The molecule has 5 heteroatoms. The molecule has 84 valence electrons. The van der Waals surface area contributed by atoms with E-state index < -0.39 is 0 Å². The lowest BCUT2D eigenvalue weighted by atomic mass is 9.95. The summed E-state index contributed by atoms with van der Waals surface area (Å²) in [6.07, 6.45) is 1.50. The number of hydrogen-bond donors (Lipinski definition) is 3. The lowest BCUT2D eigenvalue weighted by molar-refractivity contribution is 0.0910. The minimum Gasteiger partial charge on any atom is -0.396 e. The number of aromatic amines is 1. The van der Waals surface area contributed by atoms with Crippen LogP contribution in [0.5, 0.6) is 0 Å². The Labute approximate surface area is 88.9 Å². The summed E-state index contributed by atoms with van der Waals surface area (Å²) in [6, 6.07) is 0. The van der Waals surface area contributed by atoms with Crippen molar-refractivity contribution in [2.24, 2.45) is 5.41 Å². The highest BCUT2D eigenvalue weighted by molar-refractivity contribution is 5.94. The molecule has 3 N–H and O–H groups in total. The molecule has 0 bridgehead atoms. The van der Waals surface area contributed by atoms with Crippen LogP contribution in [0.4, 0.5) is 0 Å². The Kier molecular flexibility index (Phi) is 3.47. The predicted molar refractivity (Wildman–Crippen MR) is 56.5 cm³/mol. The molecule has 0 aliphatic carbocycles. The fourth-order valence-electron chi connectivity index (χ4n) is 1.05. The maximum Gasteiger partial charge on any atom is 0.254 e. The van der Waals surface area contributed by atoms with Crippen molar-refractivity contribution in [3.8, 4) is 0 Å². The number of carbonyl (C=O) groups is 1. The van der Waals surface area contributed by atoms with E-state index in [1.807, 2.05) is 13.8 Å². The Morgan fingerprint density at radius 1 is 1.67 bits per heavy atom. The highest BCUT2D eigenvalue weighted by atomic mass is 16.3.